The fraction of sp³-hybridized carbons (Fsp3) is 0.125. The minimum absolute atomic E-state index is 1.30. The molecule has 0 fully saturated rings. The number of aryl methyl sites for hydroxylation is 2. The Bertz CT molecular complexity index is 1270. The Hall–Kier alpha value is -3.42. The molecule has 0 spiro atoms. The zero-order valence-electron chi connectivity index (χ0n) is 19.9. The number of allylic oxidation sites excluding steroid dienone is 2. The van der Waals surface area contributed by atoms with Crippen LogP contribution in [0.2, 0.25) is 13.1 Å². The van der Waals surface area contributed by atoms with Crippen LogP contribution in [0.25, 0.3) is 21.5 Å². The van der Waals surface area contributed by atoms with Gasteiger partial charge in [-0.3, -0.25) is 0 Å². The first-order valence-corrected chi connectivity index (χ1v) is 14.7. The molecule has 0 aliphatic carbocycles. The molecular formula is C32H30Si. The second-order valence-electron chi connectivity index (χ2n) is 9.60. The van der Waals surface area contributed by atoms with Gasteiger partial charge in [0.05, 0.1) is 0 Å². The van der Waals surface area contributed by atoms with Crippen LogP contribution < -0.4 is 0 Å². The largest absolute Gasteiger partial charge is 0.115 e. The summed E-state index contributed by atoms with van der Waals surface area (Å²) in [5.41, 5.74) is 10.7. The van der Waals surface area contributed by atoms with Crippen LogP contribution in [0.5, 0.6) is 0 Å². The van der Waals surface area contributed by atoms with Gasteiger partial charge in [-0.05, 0) is 57.6 Å². The van der Waals surface area contributed by atoms with Crippen molar-refractivity contribution in [3.8, 4) is 0 Å². The highest BCUT2D eigenvalue weighted by atomic mass is 28.3. The maximum Gasteiger partial charge on any atom is 0.115 e. The fourth-order valence-electron chi connectivity index (χ4n) is 5.40. The quantitative estimate of drug-likeness (QED) is 0.277. The van der Waals surface area contributed by atoms with Gasteiger partial charge in [0.15, 0.2) is 0 Å². The maximum absolute atomic E-state index is 2.52. The van der Waals surface area contributed by atoms with Crippen LogP contribution in [0, 0.1) is 13.8 Å². The van der Waals surface area contributed by atoms with Gasteiger partial charge in [-0.1, -0.05) is 133 Å². The Labute approximate surface area is 199 Å². The van der Waals surface area contributed by atoms with Crippen LogP contribution >= 0.6 is 0 Å². The van der Waals surface area contributed by atoms with Gasteiger partial charge >= 0.3 is 0 Å². The summed E-state index contributed by atoms with van der Waals surface area (Å²) in [6.07, 6.45) is 0. The molecule has 0 N–H and O–H groups in total. The first-order valence-electron chi connectivity index (χ1n) is 11.7. The number of benzene rings is 4. The van der Waals surface area contributed by atoms with E-state index in [9.17, 15) is 0 Å². The third kappa shape index (κ3) is 3.83. The van der Waals surface area contributed by atoms with E-state index >= 15 is 0 Å². The summed E-state index contributed by atoms with van der Waals surface area (Å²) in [4.78, 5) is 0. The molecule has 0 unspecified atom stereocenters. The second kappa shape index (κ2) is 8.50. The van der Waals surface area contributed by atoms with Crippen LogP contribution in [-0.4, -0.2) is 8.07 Å². The molecular weight excluding hydrogens is 412 g/mol. The van der Waals surface area contributed by atoms with E-state index in [1.807, 2.05) is 0 Å². The van der Waals surface area contributed by atoms with E-state index in [1.54, 1.807) is 0 Å². The lowest BCUT2D eigenvalue weighted by Gasteiger charge is -2.26. The predicted octanol–water partition coefficient (Wildman–Crippen LogP) is 8.63. The molecule has 1 aliphatic heterocycles. The van der Waals surface area contributed by atoms with Gasteiger partial charge in [0.2, 0.25) is 0 Å². The first-order chi connectivity index (χ1) is 16.0. The standard InChI is InChI=1S/C32H30Si/c1-23-13-11-19-27(21-23)29-30(28-20-12-14-24(2)22-28)32(26-17-9-6-10-18-26)33(3,4)31(29)25-15-7-5-8-16-25/h5-22H,1-4H3. The van der Waals surface area contributed by atoms with Crippen molar-refractivity contribution in [3.63, 3.8) is 0 Å². The molecule has 33 heavy (non-hydrogen) atoms. The maximum atomic E-state index is 2.52. The molecule has 1 heteroatoms. The fourth-order valence-corrected chi connectivity index (χ4v) is 9.21. The molecule has 0 nitrogen and oxygen atoms in total. The van der Waals surface area contributed by atoms with E-state index in [0.29, 0.717) is 0 Å². The molecule has 162 valence electrons. The second-order valence-corrected chi connectivity index (χ2v) is 13.8. The lowest BCUT2D eigenvalue weighted by Crippen LogP contribution is -2.28. The van der Waals surface area contributed by atoms with Gasteiger partial charge in [-0.2, -0.15) is 0 Å². The van der Waals surface area contributed by atoms with Gasteiger partial charge in [0.1, 0.15) is 8.07 Å². The Kier molecular flexibility index (Phi) is 5.52. The minimum atomic E-state index is -2.05. The third-order valence-corrected chi connectivity index (χ3v) is 10.3. The van der Waals surface area contributed by atoms with Crippen LogP contribution in [0.3, 0.4) is 0 Å². The minimum Gasteiger partial charge on any atom is -0.0622 e. The van der Waals surface area contributed by atoms with Gasteiger partial charge < -0.3 is 0 Å². The summed E-state index contributed by atoms with van der Waals surface area (Å²) in [6, 6.07) is 40.2. The Morgan fingerprint density at radius 3 is 1.15 bits per heavy atom. The van der Waals surface area contributed by atoms with E-state index in [1.165, 1.54) is 54.9 Å². The van der Waals surface area contributed by atoms with E-state index in [0.717, 1.165) is 0 Å². The first kappa shape index (κ1) is 21.4. The van der Waals surface area contributed by atoms with Crippen molar-refractivity contribution >= 4 is 29.6 Å². The molecule has 0 radical (unpaired) electrons. The predicted molar refractivity (Wildman–Crippen MR) is 146 cm³/mol. The van der Waals surface area contributed by atoms with Crippen molar-refractivity contribution in [1.29, 1.82) is 0 Å². The molecule has 5 rings (SSSR count). The SMILES string of the molecule is Cc1cccc(C2=C(c3ccccc3)[Si](C)(C)C(c3ccccc3)=C2c2cccc(C)c2)c1. The third-order valence-electron chi connectivity index (χ3n) is 6.74. The van der Waals surface area contributed by atoms with Crippen LogP contribution in [0.15, 0.2) is 109 Å². The summed E-state index contributed by atoms with van der Waals surface area (Å²) in [6.45, 7) is 9.43. The van der Waals surface area contributed by atoms with Gasteiger partial charge in [-0.25, -0.2) is 0 Å². The van der Waals surface area contributed by atoms with E-state index in [4.69, 9.17) is 0 Å². The van der Waals surface area contributed by atoms with Gasteiger partial charge in [0.25, 0.3) is 0 Å². The van der Waals surface area contributed by atoms with E-state index < -0.39 is 8.07 Å². The molecule has 0 saturated heterocycles. The number of hydrogen-bond acceptors (Lipinski definition) is 0. The molecule has 1 heterocycles. The normalized spacial score (nSPS) is 15.3. The van der Waals surface area contributed by atoms with Crippen molar-refractivity contribution in [2.45, 2.75) is 26.9 Å². The van der Waals surface area contributed by atoms with Crippen LogP contribution in [0.4, 0.5) is 0 Å². The molecule has 0 saturated carbocycles. The molecule has 0 aromatic heterocycles. The van der Waals surface area contributed by atoms with Crippen molar-refractivity contribution in [1.82, 2.24) is 0 Å². The number of rotatable bonds is 4. The average molecular weight is 443 g/mol. The summed E-state index contributed by atoms with van der Waals surface area (Å²) in [5.74, 6) is 0. The summed E-state index contributed by atoms with van der Waals surface area (Å²) in [5, 5.41) is 3.06. The smallest absolute Gasteiger partial charge is 0.0622 e. The highest BCUT2D eigenvalue weighted by Crippen LogP contribution is 2.55. The molecule has 0 atom stereocenters. The van der Waals surface area contributed by atoms with Crippen LogP contribution in [0.1, 0.15) is 33.4 Å². The van der Waals surface area contributed by atoms with Gasteiger partial charge in [0, 0.05) is 0 Å². The molecule has 0 amide bonds. The zero-order chi connectivity index (χ0) is 23.0. The molecule has 0 bridgehead atoms. The van der Waals surface area contributed by atoms with Crippen molar-refractivity contribution in [3.05, 3.63) is 143 Å². The highest BCUT2D eigenvalue weighted by Gasteiger charge is 2.43. The van der Waals surface area contributed by atoms with Crippen LogP contribution in [-0.2, 0) is 0 Å². The summed E-state index contributed by atoms with van der Waals surface area (Å²) >= 11 is 0. The van der Waals surface area contributed by atoms with E-state index in [2.05, 4.69) is 136 Å². The monoisotopic (exact) mass is 442 g/mol. The zero-order valence-corrected chi connectivity index (χ0v) is 20.9. The average Bonchev–Trinajstić information content (AvgIpc) is 3.07. The van der Waals surface area contributed by atoms with Crippen molar-refractivity contribution in [2.24, 2.45) is 0 Å². The summed E-state index contributed by atoms with van der Waals surface area (Å²) < 4.78 is 0. The Morgan fingerprint density at radius 2 is 0.788 bits per heavy atom. The highest BCUT2D eigenvalue weighted by molar-refractivity contribution is 7.13. The summed E-state index contributed by atoms with van der Waals surface area (Å²) in [7, 11) is -2.05. The van der Waals surface area contributed by atoms with Crippen molar-refractivity contribution < 1.29 is 0 Å². The van der Waals surface area contributed by atoms with Crippen molar-refractivity contribution in [2.75, 3.05) is 0 Å². The Morgan fingerprint density at radius 1 is 0.424 bits per heavy atom. The topological polar surface area (TPSA) is 0 Å². The van der Waals surface area contributed by atoms with Gasteiger partial charge in [-0.15, -0.1) is 0 Å². The number of hydrogen-bond donors (Lipinski definition) is 0. The lowest BCUT2D eigenvalue weighted by molar-refractivity contribution is 1.44. The molecule has 4 aromatic rings. The molecule has 1 aliphatic rings. The lowest BCUT2D eigenvalue weighted by atomic mass is 9.88. The Balaban J connectivity index is 1.94. The molecule has 4 aromatic carbocycles. The van der Waals surface area contributed by atoms with E-state index in [-0.39, 0.29) is 0 Å².